The number of ether oxygens (including phenoxy) is 1. The molecule has 3 heteroatoms. The molecule has 0 aliphatic heterocycles. The zero-order chi connectivity index (χ0) is 13.4. The molecular formula is C15H27NO2. The SMILES string of the molecule is C=C(CN[C@H](C)C1CCCCCC1)C(=O)OCC. The maximum absolute atomic E-state index is 11.4. The Morgan fingerprint density at radius 3 is 2.50 bits per heavy atom. The van der Waals surface area contributed by atoms with Crippen molar-refractivity contribution in [2.45, 2.75) is 58.4 Å². The van der Waals surface area contributed by atoms with Crippen LogP contribution in [0.25, 0.3) is 0 Å². The van der Waals surface area contributed by atoms with E-state index in [2.05, 4.69) is 18.8 Å². The van der Waals surface area contributed by atoms with Gasteiger partial charge in [0.05, 0.1) is 6.61 Å². The Morgan fingerprint density at radius 1 is 1.33 bits per heavy atom. The first kappa shape index (κ1) is 15.2. The number of nitrogens with one attached hydrogen (secondary N) is 1. The zero-order valence-corrected chi connectivity index (χ0v) is 11.8. The largest absolute Gasteiger partial charge is 0.463 e. The highest BCUT2D eigenvalue weighted by Gasteiger charge is 2.19. The molecule has 104 valence electrons. The molecule has 0 spiro atoms. The van der Waals surface area contributed by atoms with E-state index in [1.807, 2.05) is 6.92 Å². The van der Waals surface area contributed by atoms with Crippen molar-refractivity contribution in [3.8, 4) is 0 Å². The van der Waals surface area contributed by atoms with Crippen LogP contribution in [0.2, 0.25) is 0 Å². The summed E-state index contributed by atoms with van der Waals surface area (Å²) in [6, 6.07) is 0.453. The third-order valence-electron chi connectivity index (χ3n) is 3.81. The number of rotatable bonds is 6. The highest BCUT2D eigenvalue weighted by Crippen LogP contribution is 2.25. The van der Waals surface area contributed by atoms with Gasteiger partial charge in [-0.15, -0.1) is 0 Å². The lowest BCUT2D eigenvalue weighted by molar-refractivity contribution is -0.138. The average molecular weight is 253 g/mol. The third kappa shape index (κ3) is 5.21. The molecule has 0 aromatic carbocycles. The minimum absolute atomic E-state index is 0.280. The molecule has 1 atom stereocenters. The highest BCUT2D eigenvalue weighted by molar-refractivity contribution is 5.88. The van der Waals surface area contributed by atoms with Crippen LogP contribution in [0.15, 0.2) is 12.2 Å². The fourth-order valence-electron chi connectivity index (χ4n) is 2.57. The van der Waals surface area contributed by atoms with Gasteiger partial charge in [0.1, 0.15) is 0 Å². The van der Waals surface area contributed by atoms with Crippen molar-refractivity contribution >= 4 is 5.97 Å². The molecule has 0 aromatic heterocycles. The van der Waals surface area contributed by atoms with Crippen LogP contribution in [0, 0.1) is 5.92 Å². The first-order valence-electron chi connectivity index (χ1n) is 7.23. The number of hydrogen-bond acceptors (Lipinski definition) is 3. The lowest BCUT2D eigenvalue weighted by atomic mass is 9.93. The number of carbonyl (C=O) groups excluding carboxylic acids is 1. The predicted molar refractivity (Wildman–Crippen MR) is 74.4 cm³/mol. The van der Waals surface area contributed by atoms with E-state index in [1.54, 1.807) is 0 Å². The summed E-state index contributed by atoms with van der Waals surface area (Å²) in [5.41, 5.74) is 0.525. The molecule has 0 aromatic rings. The first-order valence-corrected chi connectivity index (χ1v) is 7.23. The van der Waals surface area contributed by atoms with Crippen molar-refractivity contribution in [3.63, 3.8) is 0 Å². The van der Waals surface area contributed by atoms with E-state index in [0.717, 1.165) is 5.92 Å². The Hall–Kier alpha value is -0.830. The third-order valence-corrected chi connectivity index (χ3v) is 3.81. The number of hydrogen-bond donors (Lipinski definition) is 1. The summed E-state index contributed by atoms with van der Waals surface area (Å²) in [7, 11) is 0. The van der Waals surface area contributed by atoms with Gasteiger partial charge in [0.25, 0.3) is 0 Å². The molecule has 3 nitrogen and oxygen atoms in total. The van der Waals surface area contributed by atoms with Crippen molar-refractivity contribution in [2.24, 2.45) is 5.92 Å². The van der Waals surface area contributed by atoms with E-state index in [-0.39, 0.29) is 5.97 Å². The van der Waals surface area contributed by atoms with Gasteiger partial charge in [-0.3, -0.25) is 0 Å². The second-order valence-corrected chi connectivity index (χ2v) is 5.25. The molecule has 1 saturated carbocycles. The van der Waals surface area contributed by atoms with E-state index in [1.165, 1.54) is 38.5 Å². The molecule has 0 saturated heterocycles. The molecule has 1 rings (SSSR count). The summed E-state index contributed by atoms with van der Waals surface area (Å²) in [5, 5.41) is 3.42. The molecule has 1 aliphatic carbocycles. The molecule has 18 heavy (non-hydrogen) atoms. The van der Waals surface area contributed by atoms with Gasteiger partial charge < -0.3 is 10.1 Å². The minimum Gasteiger partial charge on any atom is -0.463 e. The van der Waals surface area contributed by atoms with Crippen LogP contribution in [-0.2, 0) is 9.53 Å². The lowest BCUT2D eigenvalue weighted by Gasteiger charge is -2.23. The second-order valence-electron chi connectivity index (χ2n) is 5.25. The highest BCUT2D eigenvalue weighted by atomic mass is 16.5. The topological polar surface area (TPSA) is 38.3 Å². The van der Waals surface area contributed by atoms with Gasteiger partial charge in [-0.25, -0.2) is 4.79 Å². The Labute approximate surface area is 111 Å². The van der Waals surface area contributed by atoms with Gasteiger partial charge in [-0.1, -0.05) is 32.3 Å². The number of esters is 1. The van der Waals surface area contributed by atoms with E-state index in [9.17, 15) is 4.79 Å². The quantitative estimate of drug-likeness (QED) is 0.449. The zero-order valence-electron chi connectivity index (χ0n) is 11.8. The normalized spacial score (nSPS) is 19.0. The van der Waals surface area contributed by atoms with Crippen molar-refractivity contribution in [3.05, 3.63) is 12.2 Å². The van der Waals surface area contributed by atoms with Gasteiger partial charge in [0.2, 0.25) is 0 Å². The molecule has 1 aliphatic rings. The predicted octanol–water partition coefficient (Wildman–Crippen LogP) is 3.05. The molecule has 0 heterocycles. The minimum atomic E-state index is -0.280. The van der Waals surface area contributed by atoms with Crippen LogP contribution in [0.4, 0.5) is 0 Å². The molecule has 0 radical (unpaired) electrons. The Morgan fingerprint density at radius 2 is 1.94 bits per heavy atom. The van der Waals surface area contributed by atoms with Gasteiger partial charge in [-0.05, 0) is 32.6 Å². The summed E-state index contributed by atoms with van der Waals surface area (Å²) in [6.45, 7) is 8.75. The molecule has 0 amide bonds. The van der Waals surface area contributed by atoms with E-state index < -0.39 is 0 Å². The second kappa shape index (κ2) is 8.30. The van der Waals surface area contributed by atoms with Gasteiger partial charge in [0.15, 0.2) is 0 Å². The molecule has 1 N–H and O–H groups in total. The fraction of sp³-hybridized carbons (Fsp3) is 0.800. The Balaban J connectivity index is 2.28. The van der Waals surface area contributed by atoms with Gasteiger partial charge in [-0.2, -0.15) is 0 Å². The molecule has 1 fully saturated rings. The molecular weight excluding hydrogens is 226 g/mol. The van der Waals surface area contributed by atoms with Crippen LogP contribution < -0.4 is 5.32 Å². The fourth-order valence-corrected chi connectivity index (χ4v) is 2.57. The molecule has 0 unspecified atom stereocenters. The van der Waals surface area contributed by atoms with Gasteiger partial charge in [0, 0.05) is 18.2 Å². The Kier molecular flexibility index (Phi) is 7.02. The van der Waals surface area contributed by atoms with Crippen molar-refractivity contribution in [1.29, 1.82) is 0 Å². The molecule has 0 bridgehead atoms. The maximum atomic E-state index is 11.4. The summed E-state index contributed by atoms with van der Waals surface area (Å²) >= 11 is 0. The Bertz CT molecular complexity index is 268. The van der Waals surface area contributed by atoms with Crippen LogP contribution >= 0.6 is 0 Å². The van der Waals surface area contributed by atoms with Crippen molar-refractivity contribution < 1.29 is 9.53 Å². The lowest BCUT2D eigenvalue weighted by Crippen LogP contribution is -2.35. The van der Waals surface area contributed by atoms with Crippen LogP contribution in [0.5, 0.6) is 0 Å². The van der Waals surface area contributed by atoms with Gasteiger partial charge >= 0.3 is 5.97 Å². The summed E-state index contributed by atoms with van der Waals surface area (Å²) in [4.78, 5) is 11.4. The summed E-state index contributed by atoms with van der Waals surface area (Å²) < 4.78 is 4.92. The average Bonchev–Trinajstić information content (AvgIpc) is 2.64. The monoisotopic (exact) mass is 253 g/mol. The van der Waals surface area contributed by atoms with E-state index in [0.29, 0.717) is 24.8 Å². The van der Waals surface area contributed by atoms with E-state index >= 15 is 0 Å². The first-order chi connectivity index (χ1) is 8.65. The van der Waals surface area contributed by atoms with Crippen molar-refractivity contribution in [1.82, 2.24) is 5.32 Å². The smallest absolute Gasteiger partial charge is 0.334 e. The van der Waals surface area contributed by atoms with Crippen molar-refractivity contribution in [2.75, 3.05) is 13.2 Å². The standard InChI is InChI=1S/C15H27NO2/c1-4-18-15(17)12(2)11-16-13(3)14-9-7-5-6-8-10-14/h13-14,16H,2,4-11H2,1,3H3/t13-/m1/s1. The maximum Gasteiger partial charge on any atom is 0.334 e. The van der Waals surface area contributed by atoms with Crippen LogP contribution in [-0.4, -0.2) is 25.2 Å². The van der Waals surface area contributed by atoms with Crippen LogP contribution in [0.1, 0.15) is 52.4 Å². The summed E-state index contributed by atoms with van der Waals surface area (Å²) in [6.07, 6.45) is 8.04. The number of carbonyl (C=O) groups is 1. The van der Waals surface area contributed by atoms with Crippen LogP contribution in [0.3, 0.4) is 0 Å². The summed E-state index contributed by atoms with van der Waals surface area (Å²) in [5.74, 6) is 0.459. The van der Waals surface area contributed by atoms with E-state index in [4.69, 9.17) is 4.74 Å².